The Balaban J connectivity index is 2.62. The van der Waals surface area contributed by atoms with Crippen molar-refractivity contribution in [1.82, 2.24) is 5.32 Å². The first-order valence-corrected chi connectivity index (χ1v) is 4.81. The van der Waals surface area contributed by atoms with Gasteiger partial charge < -0.3 is 5.32 Å². The Bertz CT molecular complexity index is 475. The molecule has 1 amide bonds. The minimum absolute atomic E-state index is 0.461. The van der Waals surface area contributed by atoms with Crippen molar-refractivity contribution < 1.29 is 9.59 Å². The van der Waals surface area contributed by atoms with E-state index in [9.17, 15) is 9.59 Å². The molecule has 0 fully saturated rings. The minimum atomic E-state index is -0.597. The monoisotopic (exact) mass is 201 g/mol. The van der Waals surface area contributed by atoms with Gasteiger partial charge in [-0.25, -0.2) is 0 Å². The fourth-order valence-electron chi connectivity index (χ4n) is 1.65. The molecule has 0 aromatic heterocycles. The SMILES string of the molecule is C=C1NC(=O)C(=O)c2cc(CC)ccc21. The molecule has 0 saturated carbocycles. The van der Waals surface area contributed by atoms with E-state index in [0.717, 1.165) is 17.5 Å². The lowest BCUT2D eigenvalue weighted by atomic mass is 9.94. The van der Waals surface area contributed by atoms with E-state index in [1.54, 1.807) is 6.07 Å². The zero-order valence-corrected chi connectivity index (χ0v) is 8.46. The number of Topliss-reactive ketones (excluding diaryl/α,β-unsaturated/α-hetero) is 1. The third kappa shape index (κ3) is 1.46. The van der Waals surface area contributed by atoms with E-state index in [1.807, 2.05) is 19.1 Å². The number of carbonyl (C=O) groups is 2. The van der Waals surface area contributed by atoms with E-state index in [-0.39, 0.29) is 0 Å². The molecule has 3 heteroatoms. The first-order valence-electron chi connectivity index (χ1n) is 4.81. The summed E-state index contributed by atoms with van der Waals surface area (Å²) in [6, 6.07) is 5.53. The topological polar surface area (TPSA) is 46.2 Å². The van der Waals surface area contributed by atoms with Crippen molar-refractivity contribution in [3.8, 4) is 0 Å². The van der Waals surface area contributed by atoms with E-state index < -0.39 is 11.7 Å². The van der Waals surface area contributed by atoms with Gasteiger partial charge in [-0.1, -0.05) is 25.6 Å². The molecular weight excluding hydrogens is 190 g/mol. The first kappa shape index (κ1) is 9.65. The fraction of sp³-hybridized carbons (Fsp3) is 0.167. The quantitative estimate of drug-likeness (QED) is 0.700. The maximum atomic E-state index is 11.6. The first-order chi connectivity index (χ1) is 7.13. The number of benzene rings is 1. The lowest BCUT2D eigenvalue weighted by Gasteiger charge is -2.18. The number of ketones is 1. The van der Waals surface area contributed by atoms with Crippen LogP contribution in [-0.2, 0) is 11.2 Å². The van der Waals surface area contributed by atoms with Crippen molar-refractivity contribution in [3.05, 3.63) is 41.5 Å². The molecule has 1 aromatic carbocycles. The summed E-state index contributed by atoms with van der Waals surface area (Å²) in [5, 5.41) is 2.44. The highest BCUT2D eigenvalue weighted by Crippen LogP contribution is 2.22. The molecule has 2 rings (SSSR count). The smallest absolute Gasteiger partial charge is 0.296 e. The van der Waals surface area contributed by atoms with Gasteiger partial charge in [0, 0.05) is 16.8 Å². The predicted octanol–water partition coefficient (Wildman–Crippen LogP) is 1.53. The van der Waals surface area contributed by atoms with E-state index in [1.165, 1.54) is 0 Å². The van der Waals surface area contributed by atoms with Crippen LogP contribution < -0.4 is 5.32 Å². The molecule has 0 unspecified atom stereocenters. The summed E-state index contributed by atoms with van der Waals surface area (Å²) in [6.07, 6.45) is 0.842. The Morgan fingerprint density at radius 3 is 2.67 bits per heavy atom. The molecule has 15 heavy (non-hydrogen) atoms. The molecule has 0 saturated heterocycles. The van der Waals surface area contributed by atoms with Gasteiger partial charge in [-0.15, -0.1) is 0 Å². The summed E-state index contributed by atoms with van der Waals surface area (Å²) in [6.45, 7) is 5.72. The van der Waals surface area contributed by atoms with Gasteiger partial charge in [-0.3, -0.25) is 9.59 Å². The number of nitrogens with one attached hydrogen (secondary N) is 1. The molecule has 1 aromatic rings. The Morgan fingerprint density at radius 1 is 1.27 bits per heavy atom. The molecule has 0 bridgehead atoms. The van der Waals surface area contributed by atoms with Crippen molar-refractivity contribution in [2.45, 2.75) is 13.3 Å². The van der Waals surface area contributed by atoms with Crippen LogP contribution >= 0.6 is 0 Å². The molecule has 3 nitrogen and oxygen atoms in total. The average molecular weight is 201 g/mol. The fourth-order valence-corrected chi connectivity index (χ4v) is 1.65. The number of amides is 1. The van der Waals surface area contributed by atoms with Crippen molar-refractivity contribution in [2.24, 2.45) is 0 Å². The van der Waals surface area contributed by atoms with Crippen LogP contribution in [0.2, 0.25) is 0 Å². The summed E-state index contributed by atoms with van der Waals surface area (Å²) in [5.41, 5.74) is 2.72. The van der Waals surface area contributed by atoms with Crippen molar-refractivity contribution in [2.75, 3.05) is 0 Å². The van der Waals surface area contributed by atoms with E-state index >= 15 is 0 Å². The highest BCUT2D eigenvalue weighted by Gasteiger charge is 2.26. The number of fused-ring (bicyclic) bond motifs is 1. The van der Waals surface area contributed by atoms with Crippen LogP contribution in [0.5, 0.6) is 0 Å². The summed E-state index contributed by atoms with van der Waals surface area (Å²) in [5.74, 6) is -1.08. The number of rotatable bonds is 1. The predicted molar refractivity (Wildman–Crippen MR) is 57.3 cm³/mol. The standard InChI is InChI=1S/C12H11NO2/c1-3-8-4-5-9-7(2)13-12(15)11(14)10(9)6-8/h4-6H,2-3H2,1H3,(H,13,15). The lowest BCUT2D eigenvalue weighted by molar-refractivity contribution is -0.116. The molecule has 76 valence electrons. The average Bonchev–Trinajstić information content (AvgIpc) is 2.25. The Labute approximate surface area is 87.8 Å². The highest BCUT2D eigenvalue weighted by molar-refractivity contribution is 6.46. The second-order valence-corrected chi connectivity index (χ2v) is 3.50. The zero-order chi connectivity index (χ0) is 11.0. The van der Waals surface area contributed by atoms with E-state index in [2.05, 4.69) is 11.9 Å². The zero-order valence-electron chi connectivity index (χ0n) is 8.46. The normalized spacial score (nSPS) is 14.9. The molecule has 0 radical (unpaired) electrons. The van der Waals surface area contributed by atoms with Gasteiger partial charge in [0.2, 0.25) is 0 Å². The van der Waals surface area contributed by atoms with Crippen LogP contribution in [-0.4, -0.2) is 11.7 Å². The van der Waals surface area contributed by atoms with Gasteiger partial charge in [-0.05, 0) is 18.1 Å². The van der Waals surface area contributed by atoms with Gasteiger partial charge in [0.15, 0.2) is 0 Å². The van der Waals surface area contributed by atoms with Gasteiger partial charge in [-0.2, -0.15) is 0 Å². The van der Waals surface area contributed by atoms with E-state index in [4.69, 9.17) is 0 Å². The highest BCUT2D eigenvalue weighted by atomic mass is 16.2. The second kappa shape index (κ2) is 3.35. The van der Waals surface area contributed by atoms with Crippen LogP contribution in [0, 0.1) is 0 Å². The van der Waals surface area contributed by atoms with E-state index in [0.29, 0.717) is 11.3 Å². The van der Waals surface area contributed by atoms with Crippen LogP contribution in [0.3, 0.4) is 0 Å². The summed E-state index contributed by atoms with van der Waals surface area (Å²) in [4.78, 5) is 22.8. The lowest BCUT2D eigenvalue weighted by Crippen LogP contribution is -2.35. The third-order valence-electron chi connectivity index (χ3n) is 2.53. The second-order valence-electron chi connectivity index (χ2n) is 3.50. The summed E-state index contributed by atoms with van der Waals surface area (Å²) < 4.78 is 0. The molecule has 0 spiro atoms. The van der Waals surface area contributed by atoms with Crippen LogP contribution in [0.4, 0.5) is 0 Å². The summed E-state index contributed by atoms with van der Waals surface area (Å²) in [7, 11) is 0. The number of aryl methyl sites for hydroxylation is 1. The molecule has 1 aliphatic heterocycles. The Kier molecular flexibility index (Phi) is 2.15. The molecule has 0 atom stereocenters. The largest absolute Gasteiger partial charge is 0.319 e. The third-order valence-corrected chi connectivity index (χ3v) is 2.53. The van der Waals surface area contributed by atoms with Crippen LogP contribution in [0.25, 0.3) is 5.70 Å². The molecular formula is C12H11NO2. The van der Waals surface area contributed by atoms with Gasteiger partial charge >= 0.3 is 0 Å². The number of carbonyl (C=O) groups excluding carboxylic acids is 2. The molecule has 1 aliphatic rings. The Morgan fingerprint density at radius 2 is 2.00 bits per heavy atom. The van der Waals surface area contributed by atoms with Crippen molar-refractivity contribution in [3.63, 3.8) is 0 Å². The molecule has 1 heterocycles. The minimum Gasteiger partial charge on any atom is -0.319 e. The van der Waals surface area contributed by atoms with Gasteiger partial charge in [0.1, 0.15) is 0 Å². The summed E-state index contributed by atoms with van der Waals surface area (Å²) >= 11 is 0. The number of hydrogen-bond donors (Lipinski definition) is 1. The number of hydrogen-bond acceptors (Lipinski definition) is 2. The van der Waals surface area contributed by atoms with Crippen LogP contribution in [0.15, 0.2) is 24.8 Å². The molecule has 0 aliphatic carbocycles. The Hall–Kier alpha value is -1.90. The molecule has 1 N–H and O–H groups in total. The van der Waals surface area contributed by atoms with Crippen LogP contribution in [0.1, 0.15) is 28.4 Å². The van der Waals surface area contributed by atoms with Gasteiger partial charge in [0.25, 0.3) is 11.7 Å². The maximum absolute atomic E-state index is 11.6. The van der Waals surface area contributed by atoms with Crippen molar-refractivity contribution >= 4 is 17.4 Å². The van der Waals surface area contributed by atoms with Crippen molar-refractivity contribution in [1.29, 1.82) is 0 Å². The van der Waals surface area contributed by atoms with Gasteiger partial charge in [0.05, 0.1) is 0 Å². The maximum Gasteiger partial charge on any atom is 0.296 e.